The molecular weight excluding hydrogens is 154 g/mol. The molecule has 1 aliphatic heterocycles. The summed E-state index contributed by atoms with van der Waals surface area (Å²) in [5, 5.41) is 9.08. The van der Waals surface area contributed by atoms with Crippen LogP contribution in [0, 0.1) is 0 Å². The van der Waals surface area contributed by atoms with Gasteiger partial charge in [0, 0.05) is 13.1 Å². The second kappa shape index (κ2) is 5.11. The molecule has 0 aromatic heterocycles. The Morgan fingerprint density at radius 3 is 2.75 bits per heavy atom. The first kappa shape index (κ1) is 9.48. The first-order valence-electron chi connectivity index (χ1n) is 4.47. The van der Waals surface area contributed by atoms with E-state index in [1.807, 2.05) is 0 Å². The van der Waals surface area contributed by atoms with Gasteiger partial charge in [0.15, 0.2) is 0 Å². The van der Waals surface area contributed by atoms with Crippen LogP contribution >= 0.6 is 0 Å². The lowest BCUT2D eigenvalue weighted by Crippen LogP contribution is -2.43. The van der Waals surface area contributed by atoms with Gasteiger partial charge in [0.2, 0.25) is 5.91 Å². The van der Waals surface area contributed by atoms with Crippen LogP contribution in [0.2, 0.25) is 0 Å². The van der Waals surface area contributed by atoms with Crippen molar-refractivity contribution in [2.45, 2.75) is 18.9 Å². The summed E-state index contributed by atoms with van der Waals surface area (Å²) in [5.41, 5.74) is 0. The lowest BCUT2D eigenvalue weighted by Gasteiger charge is -2.23. The van der Waals surface area contributed by atoms with Crippen molar-refractivity contribution in [2.75, 3.05) is 26.7 Å². The molecule has 1 amide bonds. The van der Waals surface area contributed by atoms with Crippen molar-refractivity contribution < 1.29 is 4.79 Å². The minimum Gasteiger partial charge on any atom is -0.358 e. The van der Waals surface area contributed by atoms with Crippen LogP contribution in [0.3, 0.4) is 0 Å². The van der Waals surface area contributed by atoms with Crippen LogP contribution in [0.15, 0.2) is 0 Å². The molecule has 0 unspecified atom stereocenters. The first-order chi connectivity index (χ1) is 5.83. The van der Waals surface area contributed by atoms with Gasteiger partial charge < -0.3 is 16.0 Å². The molecule has 0 aliphatic carbocycles. The van der Waals surface area contributed by atoms with Crippen LogP contribution in [-0.4, -0.2) is 38.6 Å². The number of carbonyl (C=O) groups is 1. The highest BCUT2D eigenvalue weighted by Crippen LogP contribution is 2.00. The monoisotopic (exact) mass is 171 g/mol. The van der Waals surface area contributed by atoms with Crippen LogP contribution in [0.25, 0.3) is 0 Å². The maximum Gasteiger partial charge on any atom is 0.233 e. The first-order valence-corrected chi connectivity index (χ1v) is 4.47. The van der Waals surface area contributed by atoms with Crippen LogP contribution in [0.4, 0.5) is 0 Å². The Labute approximate surface area is 73.1 Å². The van der Waals surface area contributed by atoms with Gasteiger partial charge in [-0.2, -0.15) is 0 Å². The molecule has 0 aromatic carbocycles. The van der Waals surface area contributed by atoms with Crippen LogP contribution in [-0.2, 0) is 4.79 Å². The summed E-state index contributed by atoms with van der Waals surface area (Å²) in [7, 11) is 1.66. The van der Waals surface area contributed by atoms with E-state index in [0.717, 1.165) is 25.9 Å². The smallest absolute Gasteiger partial charge is 0.233 e. The average molecular weight is 171 g/mol. The van der Waals surface area contributed by atoms with Gasteiger partial charge in [0.05, 0.1) is 6.54 Å². The highest BCUT2D eigenvalue weighted by Gasteiger charge is 2.12. The van der Waals surface area contributed by atoms with Gasteiger partial charge in [-0.3, -0.25) is 4.79 Å². The summed E-state index contributed by atoms with van der Waals surface area (Å²) < 4.78 is 0. The van der Waals surface area contributed by atoms with E-state index in [0.29, 0.717) is 12.6 Å². The van der Waals surface area contributed by atoms with E-state index in [1.54, 1.807) is 7.05 Å². The lowest BCUT2D eigenvalue weighted by atomic mass is 10.1. The third kappa shape index (κ3) is 3.19. The Morgan fingerprint density at radius 2 is 2.17 bits per heavy atom. The molecule has 3 N–H and O–H groups in total. The van der Waals surface area contributed by atoms with E-state index in [9.17, 15) is 4.79 Å². The summed E-state index contributed by atoms with van der Waals surface area (Å²) in [6.07, 6.45) is 2.24. The van der Waals surface area contributed by atoms with Crippen molar-refractivity contribution in [3.8, 4) is 0 Å². The summed E-state index contributed by atoms with van der Waals surface area (Å²) >= 11 is 0. The molecule has 1 rings (SSSR count). The Morgan fingerprint density at radius 1 is 1.50 bits per heavy atom. The SMILES string of the molecule is CNC(=O)CNC1CCNCC1. The molecule has 12 heavy (non-hydrogen) atoms. The number of hydrogen-bond acceptors (Lipinski definition) is 3. The Hall–Kier alpha value is -0.610. The second-order valence-electron chi connectivity index (χ2n) is 3.08. The predicted octanol–water partition coefficient (Wildman–Crippen LogP) is -0.926. The zero-order valence-corrected chi connectivity index (χ0v) is 7.52. The maximum atomic E-state index is 10.9. The van der Waals surface area contributed by atoms with Crippen molar-refractivity contribution in [1.82, 2.24) is 16.0 Å². The molecule has 0 bridgehead atoms. The number of nitrogens with one attached hydrogen (secondary N) is 3. The molecule has 0 aromatic rings. The van der Waals surface area contributed by atoms with Gasteiger partial charge in [-0.05, 0) is 25.9 Å². The molecule has 0 radical (unpaired) electrons. The van der Waals surface area contributed by atoms with Gasteiger partial charge >= 0.3 is 0 Å². The molecule has 0 saturated carbocycles. The molecule has 70 valence electrons. The molecule has 4 heteroatoms. The summed E-state index contributed by atoms with van der Waals surface area (Å²) in [6.45, 7) is 2.57. The summed E-state index contributed by atoms with van der Waals surface area (Å²) in [4.78, 5) is 10.9. The standard InChI is InChI=1S/C8H17N3O/c1-9-8(12)6-11-7-2-4-10-5-3-7/h7,10-11H,2-6H2,1H3,(H,9,12). The van der Waals surface area contributed by atoms with E-state index < -0.39 is 0 Å². The number of piperidine rings is 1. The van der Waals surface area contributed by atoms with Crippen molar-refractivity contribution >= 4 is 5.91 Å². The van der Waals surface area contributed by atoms with Crippen molar-refractivity contribution in [3.63, 3.8) is 0 Å². The van der Waals surface area contributed by atoms with Crippen LogP contribution in [0.5, 0.6) is 0 Å². The molecule has 1 heterocycles. The largest absolute Gasteiger partial charge is 0.358 e. The fourth-order valence-corrected chi connectivity index (χ4v) is 1.35. The fraction of sp³-hybridized carbons (Fsp3) is 0.875. The predicted molar refractivity (Wildman–Crippen MR) is 48.0 cm³/mol. The Kier molecular flexibility index (Phi) is 4.04. The normalized spacial score (nSPS) is 19.1. The van der Waals surface area contributed by atoms with Gasteiger partial charge in [0.25, 0.3) is 0 Å². The van der Waals surface area contributed by atoms with Gasteiger partial charge in [0.1, 0.15) is 0 Å². The molecule has 1 saturated heterocycles. The van der Waals surface area contributed by atoms with Crippen molar-refractivity contribution in [1.29, 1.82) is 0 Å². The third-order valence-corrected chi connectivity index (χ3v) is 2.17. The molecular formula is C8H17N3O. The number of hydrogen-bond donors (Lipinski definition) is 3. The molecule has 0 spiro atoms. The second-order valence-corrected chi connectivity index (χ2v) is 3.08. The fourth-order valence-electron chi connectivity index (χ4n) is 1.35. The summed E-state index contributed by atoms with van der Waals surface area (Å²) in [5.74, 6) is 0.0635. The van der Waals surface area contributed by atoms with E-state index >= 15 is 0 Å². The number of amides is 1. The maximum absolute atomic E-state index is 10.9. The average Bonchev–Trinajstić information content (AvgIpc) is 2.16. The Balaban J connectivity index is 2.09. The quantitative estimate of drug-likeness (QED) is 0.514. The van der Waals surface area contributed by atoms with E-state index in [1.165, 1.54) is 0 Å². The molecule has 1 fully saturated rings. The Bertz CT molecular complexity index is 143. The number of likely N-dealkylation sites (N-methyl/N-ethyl adjacent to an activating group) is 1. The van der Waals surface area contributed by atoms with Gasteiger partial charge in [-0.15, -0.1) is 0 Å². The minimum atomic E-state index is 0.0635. The highest BCUT2D eigenvalue weighted by molar-refractivity contribution is 5.77. The zero-order valence-electron chi connectivity index (χ0n) is 7.52. The van der Waals surface area contributed by atoms with E-state index in [2.05, 4.69) is 16.0 Å². The number of carbonyl (C=O) groups excluding carboxylic acids is 1. The van der Waals surface area contributed by atoms with E-state index in [-0.39, 0.29) is 5.91 Å². The highest BCUT2D eigenvalue weighted by atomic mass is 16.1. The van der Waals surface area contributed by atoms with Gasteiger partial charge in [-0.25, -0.2) is 0 Å². The molecule has 1 aliphatic rings. The van der Waals surface area contributed by atoms with E-state index in [4.69, 9.17) is 0 Å². The number of rotatable bonds is 3. The lowest BCUT2D eigenvalue weighted by molar-refractivity contribution is -0.119. The molecule has 0 atom stereocenters. The molecule has 4 nitrogen and oxygen atoms in total. The summed E-state index contributed by atoms with van der Waals surface area (Å²) in [6, 6.07) is 0.517. The zero-order chi connectivity index (χ0) is 8.81. The van der Waals surface area contributed by atoms with Gasteiger partial charge in [-0.1, -0.05) is 0 Å². The van der Waals surface area contributed by atoms with Crippen LogP contribution < -0.4 is 16.0 Å². The minimum absolute atomic E-state index is 0.0635. The van der Waals surface area contributed by atoms with Crippen LogP contribution in [0.1, 0.15) is 12.8 Å². The van der Waals surface area contributed by atoms with Crippen molar-refractivity contribution in [2.24, 2.45) is 0 Å². The topological polar surface area (TPSA) is 53.2 Å². The third-order valence-electron chi connectivity index (χ3n) is 2.17. The van der Waals surface area contributed by atoms with Crippen molar-refractivity contribution in [3.05, 3.63) is 0 Å².